The van der Waals surface area contributed by atoms with E-state index in [1.54, 1.807) is 36.4 Å². The van der Waals surface area contributed by atoms with E-state index in [1.165, 1.54) is 11.0 Å². The fourth-order valence-corrected chi connectivity index (χ4v) is 5.13. The van der Waals surface area contributed by atoms with Gasteiger partial charge in [-0.05, 0) is 47.7 Å². The van der Waals surface area contributed by atoms with Crippen molar-refractivity contribution in [1.82, 2.24) is 10.2 Å². The molecule has 2 amide bonds. The molecule has 1 fully saturated rings. The van der Waals surface area contributed by atoms with Gasteiger partial charge in [-0.25, -0.2) is 4.39 Å². The van der Waals surface area contributed by atoms with Crippen molar-refractivity contribution in [3.05, 3.63) is 105 Å². The summed E-state index contributed by atoms with van der Waals surface area (Å²) in [7, 11) is 0. The lowest BCUT2D eigenvalue weighted by molar-refractivity contribution is -0.141. The van der Waals surface area contributed by atoms with Crippen molar-refractivity contribution in [2.24, 2.45) is 0 Å². The van der Waals surface area contributed by atoms with Crippen molar-refractivity contribution >= 4 is 35.0 Å². The SMILES string of the molecule is O=C(NC1CCCC1)[C@@H](Cc1ccccc1)N(Cc1ccc(Cl)cc1Cl)C(=O)Cc1ccccc1F. The summed E-state index contributed by atoms with van der Waals surface area (Å²) >= 11 is 12.5. The van der Waals surface area contributed by atoms with Crippen LogP contribution in [-0.4, -0.2) is 28.8 Å². The summed E-state index contributed by atoms with van der Waals surface area (Å²) in [5.74, 6) is -1.02. The number of nitrogens with one attached hydrogen (secondary N) is 1. The summed E-state index contributed by atoms with van der Waals surface area (Å²) in [5.41, 5.74) is 1.87. The number of rotatable bonds is 9. The van der Waals surface area contributed by atoms with E-state index in [0.29, 0.717) is 22.0 Å². The second-order valence-electron chi connectivity index (χ2n) is 9.22. The molecular weight excluding hydrogens is 498 g/mol. The van der Waals surface area contributed by atoms with Gasteiger partial charge in [0.1, 0.15) is 11.9 Å². The minimum Gasteiger partial charge on any atom is -0.352 e. The second kappa shape index (κ2) is 12.4. The predicted molar refractivity (Wildman–Crippen MR) is 141 cm³/mol. The number of amides is 2. The largest absolute Gasteiger partial charge is 0.352 e. The van der Waals surface area contributed by atoms with Crippen LogP contribution in [0.5, 0.6) is 0 Å². The Hall–Kier alpha value is -2.89. The molecule has 1 aliphatic carbocycles. The molecule has 1 saturated carbocycles. The van der Waals surface area contributed by atoms with Crippen LogP contribution in [-0.2, 0) is 29.0 Å². The number of halogens is 3. The smallest absolute Gasteiger partial charge is 0.243 e. The maximum absolute atomic E-state index is 14.4. The molecule has 1 N–H and O–H groups in total. The molecule has 0 unspecified atom stereocenters. The standard InChI is InChI=1S/C29H29Cl2FN2O2/c30-23-15-14-22(25(31)18-23)19-34(28(35)17-21-10-4-7-13-26(21)32)27(16-20-8-2-1-3-9-20)29(36)33-24-11-5-6-12-24/h1-4,7-10,13-15,18,24,27H,5-6,11-12,16-17,19H2,(H,33,36)/t27-/m1/s1. The van der Waals surface area contributed by atoms with Crippen LogP contribution < -0.4 is 5.32 Å². The zero-order valence-corrected chi connectivity index (χ0v) is 21.4. The van der Waals surface area contributed by atoms with Crippen LogP contribution in [0.25, 0.3) is 0 Å². The Bertz CT molecular complexity index is 1200. The first kappa shape index (κ1) is 26.2. The summed E-state index contributed by atoms with van der Waals surface area (Å²) in [4.78, 5) is 28.9. The lowest BCUT2D eigenvalue weighted by Gasteiger charge is -2.32. The highest BCUT2D eigenvalue weighted by Crippen LogP contribution is 2.25. The molecule has 1 aliphatic rings. The van der Waals surface area contributed by atoms with Gasteiger partial charge in [0.2, 0.25) is 11.8 Å². The van der Waals surface area contributed by atoms with Crippen LogP contribution in [0, 0.1) is 5.82 Å². The summed E-state index contributed by atoms with van der Waals surface area (Å²) in [6.45, 7) is 0.0961. The fraction of sp³-hybridized carbons (Fsp3) is 0.310. The molecule has 0 heterocycles. The monoisotopic (exact) mass is 526 g/mol. The fourth-order valence-electron chi connectivity index (χ4n) is 4.66. The third-order valence-corrected chi connectivity index (χ3v) is 7.21. The highest BCUT2D eigenvalue weighted by Gasteiger charge is 2.32. The van der Waals surface area contributed by atoms with Crippen LogP contribution in [0.15, 0.2) is 72.8 Å². The van der Waals surface area contributed by atoms with Gasteiger partial charge in [0.05, 0.1) is 6.42 Å². The van der Waals surface area contributed by atoms with Gasteiger partial charge in [0.25, 0.3) is 0 Å². The highest BCUT2D eigenvalue weighted by atomic mass is 35.5. The molecule has 36 heavy (non-hydrogen) atoms. The van der Waals surface area contributed by atoms with Crippen LogP contribution in [0.1, 0.15) is 42.4 Å². The first-order valence-electron chi connectivity index (χ1n) is 12.2. The Labute approximate surface area is 221 Å². The molecule has 0 saturated heterocycles. The van der Waals surface area contributed by atoms with Crippen molar-refractivity contribution in [2.75, 3.05) is 0 Å². The van der Waals surface area contributed by atoms with Crippen LogP contribution in [0.4, 0.5) is 4.39 Å². The topological polar surface area (TPSA) is 49.4 Å². The van der Waals surface area contributed by atoms with E-state index in [2.05, 4.69) is 5.32 Å². The maximum atomic E-state index is 14.4. The third kappa shape index (κ3) is 6.86. The Balaban J connectivity index is 1.69. The molecule has 0 radical (unpaired) electrons. The van der Waals surface area contributed by atoms with Crippen molar-refractivity contribution in [2.45, 2.75) is 57.2 Å². The third-order valence-electron chi connectivity index (χ3n) is 6.63. The number of carbonyl (C=O) groups excluding carboxylic acids is 2. The molecule has 4 rings (SSSR count). The number of benzene rings is 3. The van der Waals surface area contributed by atoms with E-state index in [4.69, 9.17) is 23.2 Å². The average Bonchev–Trinajstić information content (AvgIpc) is 3.37. The zero-order valence-electron chi connectivity index (χ0n) is 19.9. The Morgan fingerprint density at radius 3 is 2.33 bits per heavy atom. The Kier molecular flexibility index (Phi) is 9.00. The van der Waals surface area contributed by atoms with Gasteiger partial charge < -0.3 is 10.2 Å². The minimum absolute atomic E-state index is 0.0958. The number of nitrogens with zero attached hydrogens (tertiary/aromatic N) is 1. The van der Waals surface area contributed by atoms with Gasteiger partial charge in [0.15, 0.2) is 0 Å². The van der Waals surface area contributed by atoms with Gasteiger partial charge in [-0.2, -0.15) is 0 Å². The average molecular weight is 527 g/mol. The lowest BCUT2D eigenvalue weighted by Crippen LogP contribution is -2.52. The molecule has 0 bridgehead atoms. The summed E-state index contributed by atoms with van der Waals surface area (Å²) in [5, 5.41) is 4.04. The highest BCUT2D eigenvalue weighted by molar-refractivity contribution is 6.35. The molecule has 3 aromatic rings. The van der Waals surface area contributed by atoms with Crippen molar-refractivity contribution in [3.63, 3.8) is 0 Å². The van der Waals surface area contributed by atoms with Crippen LogP contribution >= 0.6 is 23.2 Å². The van der Waals surface area contributed by atoms with Crippen molar-refractivity contribution in [3.8, 4) is 0 Å². The van der Waals surface area contributed by atoms with Gasteiger partial charge in [-0.15, -0.1) is 0 Å². The molecule has 188 valence electrons. The molecule has 0 aliphatic heterocycles. The predicted octanol–water partition coefficient (Wildman–Crippen LogP) is 6.37. The van der Waals surface area contributed by atoms with E-state index in [1.807, 2.05) is 30.3 Å². The molecule has 4 nitrogen and oxygen atoms in total. The molecule has 0 spiro atoms. The maximum Gasteiger partial charge on any atom is 0.243 e. The van der Waals surface area contributed by atoms with Crippen LogP contribution in [0.2, 0.25) is 10.0 Å². The molecule has 1 atom stereocenters. The summed E-state index contributed by atoms with van der Waals surface area (Å²) in [6.07, 6.45) is 4.16. The van der Waals surface area contributed by atoms with Crippen LogP contribution in [0.3, 0.4) is 0 Å². The molecule has 0 aromatic heterocycles. The number of hydrogen-bond donors (Lipinski definition) is 1. The van der Waals surface area contributed by atoms with E-state index in [-0.39, 0.29) is 36.4 Å². The van der Waals surface area contributed by atoms with E-state index >= 15 is 0 Å². The molecule has 7 heteroatoms. The van der Waals surface area contributed by atoms with E-state index < -0.39 is 11.9 Å². The lowest BCUT2D eigenvalue weighted by atomic mass is 10.0. The Morgan fingerprint density at radius 1 is 0.944 bits per heavy atom. The van der Waals surface area contributed by atoms with Crippen molar-refractivity contribution < 1.29 is 14.0 Å². The Morgan fingerprint density at radius 2 is 1.64 bits per heavy atom. The van der Waals surface area contributed by atoms with E-state index in [0.717, 1.165) is 31.2 Å². The number of hydrogen-bond acceptors (Lipinski definition) is 2. The summed E-state index contributed by atoms with van der Waals surface area (Å²) < 4.78 is 14.4. The second-order valence-corrected chi connectivity index (χ2v) is 10.1. The molecular formula is C29H29Cl2FN2O2. The van der Waals surface area contributed by atoms with E-state index in [9.17, 15) is 14.0 Å². The van der Waals surface area contributed by atoms with Gasteiger partial charge in [-0.3, -0.25) is 9.59 Å². The summed E-state index contributed by atoms with van der Waals surface area (Å²) in [6, 6.07) is 20.2. The zero-order chi connectivity index (χ0) is 25.5. The van der Waals surface area contributed by atoms with Gasteiger partial charge in [0, 0.05) is 29.1 Å². The first-order chi connectivity index (χ1) is 17.4. The first-order valence-corrected chi connectivity index (χ1v) is 13.0. The minimum atomic E-state index is -0.793. The normalized spacial score (nSPS) is 14.4. The van der Waals surface area contributed by atoms with Gasteiger partial charge >= 0.3 is 0 Å². The number of carbonyl (C=O) groups is 2. The quantitative estimate of drug-likeness (QED) is 0.352. The molecule has 3 aromatic carbocycles. The van der Waals surface area contributed by atoms with Crippen molar-refractivity contribution in [1.29, 1.82) is 0 Å². The van der Waals surface area contributed by atoms with Gasteiger partial charge in [-0.1, -0.05) is 90.6 Å².